The summed E-state index contributed by atoms with van der Waals surface area (Å²) in [6.07, 6.45) is 44.0. The molecular formula is C46H94N2O6P+. The molecule has 0 aliphatic carbocycles. The normalized spacial score (nSPS) is 14.4. The van der Waals surface area contributed by atoms with Gasteiger partial charge in [0.1, 0.15) is 13.2 Å². The second-order valence-electron chi connectivity index (χ2n) is 17.5. The predicted molar refractivity (Wildman–Crippen MR) is 235 cm³/mol. The van der Waals surface area contributed by atoms with Gasteiger partial charge in [-0.15, -0.1) is 0 Å². The summed E-state index contributed by atoms with van der Waals surface area (Å²) in [4.78, 5) is 23.1. The number of aliphatic hydroxyl groups is 1. The molecular weight excluding hydrogens is 707 g/mol. The van der Waals surface area contributed by atoms with Crippen molar-refractivity contribution in [3.05, 3.63) is 12.2 Å². The van der Waals surface area contributed by atoms with Gasteiger partial charge >= 0.3 is 7.82 Å². The summed E-state index contributed by atoms with van der Waals surface area (Å²) in [6.45, 7) is 4.83. The third kappa shape index (κ3) is 41.2. The summed E-state index contributed by atoms with van der Waals surface area (Å²) < 4.78 is 23.6. The zero-order valence-electron chi connectivity index (χ0n) is 37.2. The molecule has 0 rings (SSSR count). The summed E-state index contributed by atoms with van der Waals surface area (Å²) >= 11 is 0. The molecule has 55 heavy (non-hydrogen) atoms. The summed E-state index contributed by atoms with van der Waals surface area (Å²) in [6, 6.07) is -0.760. The number of hydrogen-bond acceptors (Lipinski definition) is 5. The van der Waals surface area contributed by atoms with E-state index in [1.54, 1.807) is 0 Å². The summed E-state index contributed by atoms with van der Waals surface area (Å²) in [5, 5.41) is 13.9. The van der Waals surface area contributed by atoms with Crippen LogP contribution in [-0.4, -0.2) is 73.4 Å². The summed E-state index contributed by atoms with van der Waals surface area (Å²) in [5.41, 5.74) is 0. The van der Waals surface area contributed by atoms with Crippen LogP contribution in [0, 0.1) is 0 Å². The largest absolute Gasteiger partial charge is 0.472 e. The van der Waals surface area contributed by atoms with E-state index in [-0.39, 0.29) is 19.1 Å². The number of rotatable bonds is 43. The molecule has 0 heterocycles. The van der Waals surface area contributed by atoms with Crippen molar-refractivity contribution < 1.29 is 32.9 Å². The minimum Gasteiger partial charge on any atom is -0.391 e. The zero-order valence-corrected chi connectivity index (χ0v) is 38.1. The quantitative estimate of drug-likeness (QED) is 0.0245. The first kappa shape index (κ1) is 54.2. The van der Waals surface area contributed by atoms with Gasteiger partial charge in [0.25, 0.3) is 0 Å². The lowest BCUT2D eigenvalue weighted by Gasteiger charge is -2.26. The van der Waals surface area contributed by atoms with Crippen LogP contribution < -0.4 is 5.32 Å². The van der Waals surface area contributed by atoms with Crippen LogP contribution in [0.1, 0.15) is 226 Å². The lowest BCUT2D eigenvalue weighted by atomic mass is 10.0. The monoisotopic (exact) mass is 802 g/mol. The molecule has 0 aliphatic rings. The van der Waals surface area contributed by atoms with E-state index in [4.69, 9.17) is 9.05 Å². The van der Waals surface area contributed by atoms with Crippen LogP contribution in [0.2, 0.25) is 0 Å². The molecule has 3 unspecified atom stereocenters. The van der Waals surface area contributed by atoms with Gasteiger partial charge in [0.05, 0.1) is 39.9 Å². The van der Waals surface area contributed by atoms with E-state index in [1.807, 2.05) is 21.1 Å². The Bertz CT molecular complexity index is 911. The minimum absolute atomic E-state index is 0.0748. The lowest BCUT2D eigenvalue weighted by molar-refractivity contribution is -0.870. The molecule has 0 fully saturated rings. The average Bonchev–Trinajstić information content (AvgIpc) is 3.13. The van der Waals surface area contributed by atoms with E-state index in [0.717, 1.165) is 57.8 Å². The first-order valence-electron chi connectivity index (χ1n) is 23.6. The number of quaternary nitrogens is 1. The van der Waals surface area contributed by atoms with Crippen LogP contribution in [0.4, 0.5) is 0 Å². The molecule has 1 amide bonds. The van der Waals surface area contributed by atoms with Crippen LogP contribution in [-0.2, 0) is 18.4 Å². The van der Waals surface area contributed by atoms with Crippen molar-refractivity contribution in [3.63, 3.8) is 0 Å². The highest BCUT2D eigenvalue weighted by atomic mass is 31.2. The van der Waals surface area contributed by atoms with Crippen molar-refractivity contribution in [1.82, 2.24) is 5.32 Å². The highest BCUT2D eigenvalue weighted by Gasteiger charge is 2.28. The molecule has 0 aliphatic heterocycles. The fraction of sp³-hybridized carbons (Fsp3) is 0.935. The van der Waals surface area contributed by atoms with Gasteiger partial charge in [-0.2, -0.15) is 0 Å². The molecule has 8 nitrogen and oxygen atoms in total. The Morgan fingerprint density at radius 1 is 0.600 bits per heavy atom. The highest BCUT2D eigenvalue weighted by Crippen LogP contribution is 2.43. The van der Waals surface area contributed by atoms with Crippen molar-refractivity contribution in [1.29, 1.82) is 0 Å². The number of carbonyl (C=O) groups is 1. The number of allylic oxidation sites excluding steroid dienone is 2. The molecule has 0 aromatic rings. The molecule has 328 valence electrons. The van der Waals surface area contributed by atoms with Crippen molar-refractivity contribution >= 4 is 13.7 Å². The first-order valence-corrected chi connectivity index (χ1v) is 25.0. The van der Waals surface area contributed by atoms with E-state index >= 15 is 0 Å². The molecule has 0 aromatic heterocycles. The van der Waals surface area contributed by atoms with Gasteiger partial charge in [-0.3, -0.25) is 13.8 Å². The second kappa shape index (κ2) is 38.7. The van der Waals surface area contributed by atoms with Gasteiger partial charge < -0.3 is 19.8 Å². The zero-order chi connectivity index (χ0) is 40.7. The molecule has 0 bridgehead atoms. The fourth-order valence-electron chi connectivity index (χ4n) is 6.99. The smallest absolute Gasteiger partial charge is 0.391 e. The molecule has 3 atom stereocenters. The number of phosphoric acid groups is 1. The SMILES string of the molecule is CCC/C=C\CCCCCCCC(=O)NC(COP(=O)(O)OCC[N+](C)(C)C)C(O)CCCCCCCCCCCCCCCCCCCCCCCCC. The van der Waals surface area contributed by atoms with Crippen molar-refractivity contribution in [2.45, 2.75) is 238 Å². The van der Waals surface area contributed by atoms with Gasteiger partial charge in [-0.05, 0) is 32.1 Å². The van der Waals surface area contributed by atoms with Gasteiger partial charge in [-0.25, -0.2) is 4.57 Å². The summed E-state index contributed by atoms with van der Waals surface area (Å²) in [7, 11) is 1.62. The van der Waals surface area contributed by atoms with Crippen LogP contribution >= 0.6 is 7.82 Å². The Balaban J connectivity index is 4.17. The van der Waals surface area contributed by atoms with E-state index in [1.165, 1.54) is 141 Å². The second-order valence-corrected chi connectivity index (χ2v) is 18.9. The number of unbranched alkanes of at least 4 members (excludes halogenated alkanes) is 28. The van der Waals surface area contributed by atoms with Crippen LogP contribution in [0.15, 0.2) is 12.2 Å². The van der Waals surface area contributed by atoms with Gasteiger partial charge in [-0.1, -0.05) is 199 Å². The molecule has 9 heteroatoms. The number of nitrogens with zero attached hydrogens (tertiary/aromatic N) is 1. The van der Waals surface area contributed by atoms with Gasteiger partial charge in [0, 0.05) is 6.42 Å². The number of hydrogen-bond donors (Lipinski definition) is 3. The molecule has 0 saturated carbocycles. The van der Waals surface area contributed by atoms with Crippen LogP contribution in [0.25, 0.3) is 0 Å². The van der Waals surface area contributed by atoms with E-state index < -0.39 is 20.0 Å². The Hall–Kier alpha value is -0.760. The first-order chi connectivity index (χ1) is 26.5. The molecule has 0 saturated heterocycles. The maximum absolute atomic E-state index is 12.8. The number of phosphoric ester groups is 1. The third-order valence-electron chi connectivity index (χ3n) is 10.7. The summed E-state index contributed by atoms with van der Waals surface area (Å²) in [5.74, 6) is -0.154. The van der Waals surface area contributed by atoms with E-state index in [0.29, 0.717) is 23.9 Å². The van der Waals surface area contributed by atoms with Crippen LogP contribution in [0.5, 0.6) is 0 Å². The average molecular weight is 802 g/mol. The Kier molecular flexibility index (Phi) is 38.2. The predicted octanol–water partition coefficient (Wildman–Crippen LogP) is 13.1. The number of nitrogens with one attached hydrogen (secondary N) is 1. The highest BCUT2D eigenvalue weighted by molar-refractivity contribution is 7.47. The topological polar surface area (TPSA) is 105 Å². The molecule has 0 spiro atoms. The lowest BCUT2D eigenvalue weighted by Crippen LogP contribution is -2.46. The third-order valence-corrected chi connectivity index (χ3v) is 11.7. The Morgan fingerprint density at radius 2 is 1.02 bits per heavy atom. The Labute approximate surface area is 342 Å². The number of amides is 1. The van der Waals surface area contributed by atoms with Crippen LogP contribution in [0.3, 0.4) is 0 Å². The molecule has 3 N–H and O–H groups in total. The maximum atomic E-state index is 12.8. The standard InChI is InChI=1S/C46H93N2O6P/c1-6-8-10-12-14-16-18-19-20-21-22-23-24-25-26-27-28-29-30-31-33-35-37-39-45(49)44(43-54-55(51,52)53-42-41-48(3,4)5)47-46(50)40-38-36-34-32-17-15-13-11-9-7-2/h11,13,44-45,49H,6-10,12,14-43H2,1-5H3,(H-,47,50,51,52)/p+1/b13-11-. The minimum atomic E-state index is -4.31. The van der Waals surface area contributed by atoms with Gasteiger partial charge in [0.15, 0.2) is 0 Å². The van der Waals surface area contributed by atoms with Crippen molar-refractivity contribution in [2.24, 2.45) is 0 Å². The van der Waals surface area contributed by atoms with E-state index in [2.05, 4.69) is 31.3 Å². The number of carbonyl (C=O) groups excluding carboxylic acids is 1. The number of likely N-dealkylation sites (N-methyl/N-ethyl adjacent to an activating group) is 1. The Morgan fingerprint density at radius 3 is 1.47 bits per heavy atom. The molecule has 0 radical (unpaired) electrons. The number of aliphatic hydroxyl groups excluding tert-OH is 1. The maximum Gasteiger partial charge on any atom is 0.472 e. The van der Waals surface area contributed by atoms with Crippen molar-refractivity contribution in [2.75, 3.05) is 40.9 Å². The fourth-order valence-corrected chi connectivity index (χ4v) is 7.73. The molecule has 0 aromatic carbocycles. The van der Waals surface area contributed by atoms with E-state index in [9.17, 15) is 19.4 Å². The van der Waals surface area contributed by atoms with Crippen molar-refractivity contribution in [3.8, 4) is 0 Å². The van der Waals surface area contributed by atoms with Gasteiger partial charge in [0.2, 0.25) is 5.91 Å².